The Labute approximate surface area is 104 Å². The molecule has 0 rings (SSSR count). The Morgan fingerprint density at radius 1 is 1.29 bits per heavy atom. The second-order valence-electron chi connectivity index (χ2n) is 6.22. The van der Waals surface area contributed by atoms with Crippen LogP contribution in [0.3, 0.4) is 0 Å². The number of ether oxygens (including phenoxy) is 1. The molecule has 0 saturated heterocycles. The second kappa shape index (κ2) is 5.54. The quantitative estimate of drug-likeness (QED) is 0.749. The third-order valence-corrected chi connectivity index (χ3v) is 2.16. The fourth-order valence-corrected chi connectivity index (χ4v) is 1.25. The summed E-state index contributed by atoms with van der Waals surface area (Å²) in [6.45, 7) is 14.7. The molecule has 1 amide bonds. The predicted molar refractivity (Wildman–Crippen MR) is 68.8 cm³/mol. The molecule has 0 saturated carbocycles. The predicted octanol–water partition coefficient (Wildman–Crippen LogP) is 2.47. The van der Waals surface area contributed by atoms with Gasteiger partial charge in [0.05, 0.1) is 12.1 Å². The van der Waals surface area contributed by atoms with Gasteiger partial charge < -0.3 is 15.2 Å². The Morgan fingerprint density at radius 2 is 1.76 bits per heavy atom. The third kappa shape index (κ3) is 6.31. The smallest absolute Gasteiger partial charge is 0.408 e. The summed E-state index contributed by atoms with van der Waals surface area (Å²) >= 11 is 0. The number of aliphatic hydroxyl groups excluding tert-OH is 1. The van der Waals surface area contributed by atoms with Crippen LogP contribution in [0.2, 0.25) is 0 Å². The van der Waals surface area contributed by atoms with Crippen molar-refractivity contribution in [3.63, 3.8) is 0 Å². The lowest BCUT2D eigenvalue weighted by molar-refractivity contribution is 0.0241. The molecule has 0 aromatic rings. The third-order valence-electron chi connectivity index (χ3n) is 2.16. The standard InChI is InChI=1S/C13H25NO3/c1-8-9(10(15)12(2,3)4)14-11(16)17-13(5,6)7/h8-10,15H,1H2,2-7H3,(H,14,16). The highest BCUT2D eigenvalue weighted by Crippen LogP contribution is 2.22. The van der Waals surface area contributed by atoms with E-state index in [9.17, 15) is 9.90 Å². The first-order chi connectivity index (χ1) is 7.47. The molecule has 100 valence electrons. The molecule has 0 aliphatic heterocycles. The van der Waals surface area contributed by atoms with Crippen LogP contribution >= 0.6 is 0 Å². The maximum atomic E-state index is 11.6. The molecule has 0 bridgehead atoms. The molecule has 2 N–H and O–H groups in total. The van der Waals surface area contributed by atoms with Crippen LogP contribution in [-0.4, -0.2) is 28.9 Å². The van der Waals surface area contributed by atoms with Crippen LogP contribution in [0.4, 0.5) is 4.79 Å². The van der Waals surface area contributed by atoms with Crippen molar-refractivity contribution in [1.29, 1.82) is 0 Å². The van der Waals surface area contributed by atoms with Crippen LogP contribution in [0.1, 0.15) is 41.5 Å². The highest BCUT2D eigenvalue weighted by Gasteiger charge is 2.30. The average Bonchev–Trinajstić information content (AvgIpc) is 2.08. The van der Waals surface area contributed by atoms with Gasteiger partial charge in [-0.3, -0.25) is 0 Å². The van der Waals surface area contributed by atoms with Crippen molar-refractivity contribution < 1.29 is 14.6 Å². The first kappa shape index (κ1) is 16.0. The number of rotatable bonds is 3. The Bertz CT molecular complexity index is 273. The Hall–Kier alpha value is -1.03. The van der Waals surface area contributed by atoms with Gasteiger partial charge in [-0.25, -0.2) is 4.79 Å². The van der Waals surface area contributed by atoms with E-state index in [1.54, 1.807) is 20.8 Å². The van der Waals surface area contributed by atoms with Crippen molar-refractivity contribution in [3.05, 3.63) is 12.7 Å². The molecular weight excluding hydrogens is 218 g/mol. The SMILES string of the molecule is C=CC(NC(=O)OC(C)(C)C)C(O)C(C)(C)C. The van der Waals surface area contributed by atoms with E-state index in [0.717, 1.165) is 0 Å². The Morgan fingerprint density at radius 3 is 2.06 bits per heavy atom. The normalized spacial score (nSPS) is 15.9. The largest absolute Gasteiger partial charge is 0.444 e. The first-order valence-corrected chi connectivity index (χ1v) is 5.77. The number of alkyl carbamates (subject to hydrolysis) is 1. The van der Waals surface area contributed by atoms with E-state index in [-0.39, 0.29) is 5.41 Å². The number of amides is 1. The fourth-order valence-electron chi connectivity index (χ4n) is 1.25. The summed E-state index contributed by atoms with van der Waals surface area (Å²) in [6.07, 6.45) is 0.248. The maximum Gasteiger partial charge on any atom is 0.408 e. The van der Waals surface area contributed by atoms with E-state index in [2.05, 4.69) is 11.9 Å². The number of hydrogen-bond acceptors (Lipinski definition) is 3. The molecule has 2 unspecified atom stereocenters. The zero-order chi connectivity index (χ0) is 13.9. The van der Waals surface area contributed by atoms with Crippen LogP contribution in [0.25, 0.3) is 0 Å². The molecule has 17 heavy (non-hydrogen) atoms. The topological polar surface area (TPSA) is 58.6 Å². The summed E-state index contributed by atoms with van der Waals surface area (Å²) in [6, 6.07) is -0.523. The van der Waals surface area contributed by atoms with Gasteiger partial charge in [-0.15, -0.1) is 6.58 Å². The van der Waals surface area contributed by atoms with Crippen molar-refractivity contribution in [2.75, 3.05) is 0 Å². The average molecular weight is 243 g/mol. The molecule has 2 atom stereocenters. The zero-order valence-electron chi connectivity index (χ0n) is 11.7. The van der Waals surface area contributed by atoms with Gasteiger partial charge in [0.2, 0.25) is 0 Å². The van der Waals surface area contributed by atoms with Crippen molar-refractivity contribution in [3.8, 4) is 0 Å². The van der Waals surface area contributed by atoms with Gasteiger partial charge >= 0.3 is 6.09 Å². The Balaban J connectivity index is 4.52. The highest BCUT2D eigenvalue weighted by molar-refractivity contribution is 5.68. The number of carbonyl (C=O) groups excluding carboxylic acids is 1. The zero-order valence-corrected chi connectivity index (χ0v) is 11.7. The fraction of sp³-hybridized carbons (Fsp3) is 0.769. The lowest BCUT2D eigenvalue weighted by Gasteiger charge is -2.32. The van der Waals surface area contributed by atoms with Crippen molar-refractivity contribution >= 4 is 6.09 Å². The van der Waals surface area contributed by atoms with E-state index >= 15 is 0 Å². The number of hydrogen-bond donors (Lipinski definition) is 2. The molecule has 4 nitrogen and oxygen atoms in total. The first-order valence-electron chi connectivity index (χ1n) is 5.77. The van der Waals surface area contributed by atoms with Gasteiger partial charge in [-0.05, 0) is 26.2 Å². The maximum absolute atomic E-state index is 11.6. The van der Waals surface area contributed by atoms with E-state index in [4.69, 9.17) is 4.74 Å². The summed E-state index contributed by atoms with van der Waals surface area (Å²) < 4.78 is 5.12. The minimum atomic E-state index is -0.715. The molecule has 4 heteroatoms. The molecule has 0 aliphatic carbocycles. The lowest BCUT2D eigenvalue weighted by atomic mass is 9.85. The molecule has 0 spiro atoms. The summed E-state index contributed by atoms with van der Waals surface area (Å²) in [7, 11) is 0. The number of nitrogens with one attached hydrogen (secondary N) is 1. The van der Waals surface area contributed by atoms with Gasteiger partial charge in [-0.1, -0.05) is 26.8 Å². The van der Waals surface area contributed by atoms with Gasteiger partial charge in [0.15, 0.2) is 0 Å². The minimum Gasteiger partial charge on any atom is -0.444 e. The summed E-state index contributed by atoms with van der Waals surface area (Å²) in [5.74, 6) is 0. The molecule has 0 aliphatic rings. The van der Waals surface area contributed by atoms with Crippen LogP contribution < -0.4 is 5.32 Å². The number of aliphatic hydroxyl groups is 1. The van der Waals surface area contributed by atoms with Crippen molar-refractivity contribution in [2.24, 2.45) is 5.41 Å². The van der Waals surface area contributed by atoms with Crippen LogP contribution in [-0.2, 0) is 4.74 Å². The van der Waals surface area contributed by atoms with E-state index in [0.29, 0.717) is 0 Å². The van der Waals surface area contributed by atoms with Crippen molar-refractivity contribution in [2.45, 2.75) is 59.3 Å². The molecule has 0 heterocycles. The van der Waals surface area contributed by atoms with E-state index < -0.39 is 23.8 Å². The summed E-state index contributed by atoms with van der Waals surface area (Å²) in [5, 5.41) is 12.7. The molecule has 0 aromatic carbocycles. The second-order valence-corrected chi connectivity index (χ2v) is 6.22. The number of carbonyl (C=O) groups is 1. The van der Waals surface area contributed by atoms with E-state index in [1.165, 1.54) is 6.08 Å². The van der Waals surface area contributed by atoms with Gasteiger partial charge in [0, 0.05) is 0 Å². The van der Waals surface area contributed by atoms with Gasteiger partial charge in [-0.2, -0.15) is 0 Å². The Kier molecular flexibility index (Phi) is 5.20. The molecule has 0 radical (unpaired) electrons. The van der Waals surface area contributed by atoms with Gasteiger partial charge in [0.1, 0.15) is 5.60 Å². The lowest BCUT2D eigenvalue weighted by Crippen LogP contribution is -2.48. The van der Waals surface area contributed by atoms with Crippen LogP contribution in [0.5, 0.6) is 0 Å². The molecule has 0 fully saturated rings. The summed E-state index contributed by atoms with van der Waals surface area (Å²) in [4.78, 5) is 11.6. The molecule has 0 aromatic heterocycles. The molecular formula is C13H25NO3. The van der Waals surface area contributed by atoms with Crippen LogP contribution in [0.15, 0.2) is 12.7 Å². The highest BCUT2D eigenvalue weighted by atomic mass is 16.6. The minimum absolute atomic E-state index is 0.339. The van der Waals surface area contributed by atoms with Crippen LogP contribution in [0, 0.1) is 5.41 Å². The monoisotopic (exact) mass is 243 g/mol. The van der Waals surface area contributed by atoms with E-state index in [1.807, 2.05) is 20.8 Å². The summed E-state index contributed by atoms with van der Waals surface area (Å²) in [5.41, 5.74) is -0.893. The van der Waals surface area contributed by atoms with Crippen molar-refractivity contribution in [1.82, 2.24) is 5.32 Å². The van der Waals surface area contributed by atoms with Gasteiger partial charge in [0.25, 0.3) is 0 Å².